The number of carbonyl (C=O) groups excluding carboxylic acids is 1. The Morgan fingerprint density at radius 1 is 0.900 bits per heavy atom. The van der Waals surface area contributed by atoms with Crippen molar-refractivity contribution in [1.29, 1.82) is 0 Å². The lowest BCUT2D eigenvalue weighted by molar-refractivity contribution is 0.0522. The number of thiol groups is 1. The Morgan fingerprint density at radius 2 is 1.50 bits per heavy atom. The van der Waals surface area contributed by atoms with E-state index in [4.69, 9.17) is 23.7 Å². The SMILES string of the molecule is CCOC(=O)c1c(S)nc2cc(OC)c(OC)cc2c1-c1ccc(OC)c(OC)c1. The van der Waals surface area contributed by atoms with Gasteiger partial charge >= 0.3 is 5.97 Å². The van der Waals surface area contributed by atoms with Crippen molar-refractivity contribution in [2.24, 2.45) is 0 Å². The Balaban J connectivity index is 2.43. The highest BCUT2D eigenvalue weighted by Crippen LogP contribution is 2.42. The third-order valence-electron chi connectivity index (χ3n) is 4.62. The summed E-state index contributed by atoms with van der Waals surface area (Å²) in [6.07, 6.45) is 0. The van der Waals surface area contributed by atoms with Crippen molar-refractivity contribution in [2.45, 2.75) is 11.9 Å². The number of fused-ring (bicyclic) bond motifs is 1. The molecule has 30 heavy (non-hydrogen) atoms. The van der Waals surface area contributed by atoms with E-state index in [9.17, 15) is 4.79 Å². The summed E-state index contributed by atoms with van der Waals surface area (Å²) in [6, 6.07) is 8.92. The molecule has 0 unspecified atom stereocenters. The summed E-state index contributed by atoms with van der Waals surface area (Å²) in [4.78, 5) is 17.3. The maximum Gasteiger partial charge on any atom is 0.341 e. The molecule has 3 aromatic rings. The molecule has 0 saturated heterocycles. The van der Waals surface area contributed by atoms with Crippen LogP contribution in [0.4, 0.5) is 0 Å². The van der Waals surface area contributed by atoms with E-state index in [1.165, 1.54) is 0 Å². The van der Waals surface area contributed by atoms with Gasteiger partial charge in [-0.2, -0.15) is 0 Å². The predicted octanol–water partition coefficient (Wildman–Crippen LogP) is 4.40. The van der Waals surface area contributed by atoms with Crippen LogP contribution in [0.2, 0.25) is 0 Å². The van der Waals surface area contributed by atoms with Gasteiger partial charge in [0.05, 0.1) is 40.6 Å². The average Bonchev–Trinajstić information content (AvgIpc) is 2.76. The van der Waals surface area contributed by atoms with Crippen LogP contribution in [0.3, 0.4) is 0 Å². The Morgan fingerprint density at radius 3 is 2.10 bits per heavy atom. The molecule has 0 N–H and O–H groups in total. The van der Waals surface area contributed by atoms with E-state index >= 15 is 0 Å². The predicted molar refractivity (Wildman–Crippen MR) is 117 cm³/mol. The number of esters is 1. The molecule has 7 nitrogen and oxygen atoms in total. The normalized spacial score (nSPS) is 10.6. The first-order chi connectivity index (χ1) is 14.5. The summed E-state index contributed by atoms with van der Waals surface area (Å²) in [5.74, 6) is 1.61. The molecule has 1 heterocycles. The summed E-state index contributed by atoms with van der Waals surface area (Å²) in [5.41, 5.74) is 2.17. The van der Waals surface area contributed by atoms with E-state index in [-0.39, 0.29) is 17.2 Å². The lowest BCUT2D eigenvalue weighted by Crippen LogP contribution is -2.10. The number of hydrogen-bond acceptors (Lipinski definition) is 8. The van der Waals surface area contributed by atoms with Gasteiger partial charge in [-0.1, -0.05) is 6.07 Å². The maximum atomic E-state index is 12.8. The number of carbonyl (C=O) groups is 1. The Hall–Kier alpha value is -3.13. The van der Waals surface area contributed by atoms with Gasteiger partial charge in [-0.05, 0) is 30.7 Å². The minimum Gasteiger partial charge on any atom is -0.493 e. The molecule has 8 heteroatoms. The zero-order chi connectivity index (χ0) is 21.8. The smallest absolute Gasteiger partial charge is 0.341 e. The number of nitrogens with zero attached hydrogens (tertiary/aromatic N) is 1. The van der Waals surface area contributed by atoms with Crippen molar-refractivity contribution in [3.8, 4) is 34.1 Å². The van der Waals surface area contributed by atoms with Crippen molar-refractivity contribution >= 4 is 29.5 Å². The monoisotopic (exact) mass is 429 g/mol. The second kappa shape index (κ2) is 9.13. The van der Waals surface area contributed by atoms with Crippen LogP contribution in [0.25, 0.3) is 22.0 Å². The molecule has 0 radical (unpaired) electrons. The van der Waals surface area contributed by atoms with Crippen LogP contribution < -0.4 is 18.9 Å². The number of pyridine rings is 1. The first kappa shape index (κ1) is 21.6. The van der Waals surface area contributed by atoms with E-state index in [1.54, 1.807) is 59.6 Å². The van der Waals surface area contributed by atoms with E-state index < -0.39 is 5.97 Å². The number of methoxy groups -OCH3 is 4. The van der Waals surface area contributed by atoms with Crippen LogP contribution in [-0.4, -0.2) is 46.0 Å². The van der Waals surface area contributed by atoms with Crippen LogP contribution >= 0.6 is 12.6 Å². The standard InChI is InChI=1S/C22H23NO6S/c1-6-29-22(24)20-19(12-7-8-15(25-2)16(9-12)26-3)13-10-17(27-4)18(28-5)11-14(13)23-21(20)30/h7-11H,6H2,1-5H3,(H,23,30). The number of rotatable bonds is 7. The summed E-state index contributed by atoms with van der Waals surface area (Å²) in [6.45, 7) is 1.97. The molecule has 0 atom stereocenters. The van der Waals surface area contributed by atoms with Gasteiger partial charge in [0.15, 0.2) is 23.0 Å². The molecule has 0 fully saturated rings. The minimum atomic E-state index is -0.517. The summed E-state index contributed by atoms with van der Waals surface area (Å²) < 4.78 is 26.9. The second-order valence-corrected chi connectivity index (χ2v) is 6.62. The van der Waals surface area contributed by atoms with Crippen molar-refractivity contribution < 1.29 is 28.5 Å². The highest BCUT2D eigenvalue weighted by atomic mass is 32.1. The molecular weight excluding hydrogens is 406 g/mol. The lowest BCUT2D eigenvalue weighted by Gasteiger charge is -2.17. The molecule has 0 saturated carbocycles. The maximum absolute atomic E-state index is 12.8. The Kier molecular flexibility index (Phi) is 6.56. The first-order valence-electron chi connectivity index (χ1n) is 9.17. The minimum absolute atomic E-state index is 0.224. The lowest BCUT2D eigenvalue weighted by atomic mass is 9.95. The molecule has 3 rings (SSSR count). The van der Waals surface area contributed by atoms with Crippen molar-refractivity contribution in [1.82, 2.24) is 4.98 Å². The zero-order valence-corrected chi connectivity index (χ0v) is 18.3. The van der Waals surface area contributed by atoms with Gasteiger partial charge in [-0.25, -0.2) is 9.78 Å². The molecule has 158 valence electrons. The van der Waals surface area contributed by atoms with E-state index in [1.807, 2.05) is 6.07 Å². The average molecular weight is 429 g/mol. The molecule has 1 aromatic heterocycles. The van der Waals surface area contributed by atoms with Gasteiger partial charge in [-0.3, -0.25) is 0 Å². The number of aromatic nitrogens is 1. The molecule has 2 aromatic carbocycles. The highest BCUT2D eigenvalue weighted by molar-refractivity contribution is 7.80. The molecule has 0 aliphatic heterocycles. The summed E-state index contributed by atoms with van der Waals surface area (Å²) in [5, 5.41) is 0.929. The number of benzene rings is 2. The fourth-order valence-electron chi connectivity index (χ4n) is 3.27. The molecule has 0 aliphatic rings. The third kappa shape index (κ3) is 3.82. The molecular formula is C22H23NO6S. The molecule has 0 spiro atoms. The van der Waals surface area contributed by atoms with E-state index in [0.717, 1.165) is 0 Å². The van der Waals surface area contributed by atoms with Crippen LogP contribution in [0, 0.1) is 0 Å². The van der Waals surface area contributed by atoms with Gasteiger partial charge < -0.3 is 23.7 Å². The van der Waals surface area contributed by atoms with Gasteiger partial charge in [0.25, 0.3) is 0 Å². The largest absolute Gasteiger partial charge is 0.493 e. The fourth-order valence-corrected chi connectivity index (χ4v) is 3.58. The quantitative estimate of drug-likeness (QED) is 0.441. The van der Waals surface area contributed by atoms with E-state index in [2.05, 4.69) is 17.6 Å². The highest BCUT2D eigenvalue weighted by Gasteiger charge is 2.24. The fraction of sp³-hybridized carbons (Fsp3) is 0.273. The van der Waals surface area contributed by atoms with E-state index in [0.29, 0.717) is 45.0 Å². The topological polar surface area (TPSA) is 76.1 Å². The van der Waals surface area contributed by atoms with Crippen molar-refractivity contribution in [2.75, 3.05) is 35.0 Å². The molecule has 0 aliphatic carbocycles. The molecule has 0 bridgehead atoms. The Labute approximate surface area is 180 Å². The number of ether oxygens (including phenoxy) is 5. The summed E-state index contributed by atoms with van der Waals surface area (Å²) in [7, 11) is 6.21. The zero-order valence-electron chi connectivity index (χ0n) is 17.4. The van der Waals surface area contributed by atoms with Crippen LogP contribution in [0.15, 0.2) is 35.4 Å². The molecule has 0 amide bonds. The van der Waals surface area contributed by atoms with Gasteiger partial charge in [-0.15, -0.1) is 12.6 Å². The third-order valence-corrected chi connectivity index (χ3v) is 4.95. The van der Waals surface area contributed by atoms with Gasteiger partial charge in [0.1, 0.15) is 10.6 Å². The number of hydrogen-bond donors (Lipinski definition) is 1. The second-order valence-electron chi connectivity index (χ2n) is 6.20. The Bertz CT molecular complexity index is 1100. The van der Waals surface area contributed by atoms with Crippen LogP contribution in [-0.2, 0) is 4.74 Å². The summed E-state index contributed by atoms with van der Waals surface area (Å²) >= 11 is 4.49. The van der Waals surface area contributed by atoms with Crippen LogP contribution in [0.5, 0.6) is 23.0 Å². The first-order valence-corrected chi connectivity index (χ1v) is 9.61. The van der Waals surface area contributed by atoms with Crippen molar-refractivity contribution in [3.63, 3.8) is 0 Å². The van der Waals surface area contributed by atoms with Crippen molar-refractivity contribution in [3.05, 3.63) is 35.9 Å². The van der Waals surface area contributed by atoms with Crippen LogP contribution in [0.1, 0.15) is 17.3 Å². The van der Waals surface area contributed by atoms with Gasteiger partial charge in [0.2, 0.25) is 0 Å². The van der Waals surface area contributed by atoms with Gasteiger partial charge in [0, 0.05) is 17.0 Å².